The van der Waals surface area contributed by atoms with Gasteiger partial charge in [-0.25, -0.2) is 4.98 Å². The van der Waals surface area contributed by atoms with Crippen LogP contribution < -0.4 is 10.1 Å². The summed E-state index contributed by atoms with van der Waals surface area (Å²) in [6, 6.07) is 9.44. The van der Waals surface area contributed by atoms with Gasteiger partial charge in [0.2, 0.25) is 11.8 Å². The molecule has 0 aliphatic heterocycles. The van der Waals surface area contributed by atoms with Crippen molar-refractivity contribution in [3.63, 3.8) is 0 Å². The minimum Gasteiger partial charge on any atom is -0.437 e. The molecule has 0 aliphatic carbocycles. The van der Waals surface area contributed by atoms with Crippen molar-refractivity contribution in [3.05, 3.63) is 47.7 Å². The number of nitrogens with one attached hydrogen (secondary N) is 1. The van der Waals surface area contributed by atoms with Gasteiger partial charge in [0.05, 0.1) is 11.7 Å². The van der Waals surface area contributed by atoms with Gasteiger partial charge in [0.25, 0.3) is 0 Å². The van der Waals surface area contributed by atoms with E-state index in [-0.39, 0.29) is 0 Å². The summed E-state index contributed by atoms with van der Waals surface area (Å²) < 4.78 is 5.80. The van der Waals surface area contributed by atoms with Crippen LogP contribution in [0.15, 0.2) is 42.7 Å². The Morgan fingerprint density at radius 2 is 2.05 bits per heavy atom. The van der Waals surface area contributed by atoms with Crippen molar-refractivity contribution < 1.29 is 4.74 Å². The second-order valence-corrected chi connectivity index (χ2v) is 4.43. The highest BCUT2D eigenvalue weighted by Gasteiger charge is 2.09. The summed E-state index contributed by atoms with van der Waals surface area (Å²) in [4.78, 5) is 12.5. The summed E-state index contributed by atoms with van der Waals surface area (Å²) in [7, 11) is 1.73. The number of pyridine rings is 1. The summed E-state index contributed by atoms with van der Waals surface area (Å²) in [5.74, 6) is 1.41. The van der Waals surface area contributed by atoms with Crippen molar-refractivity contribution in [2.75, 3.05) is 12.4 Å². The quantitative estimate of drug-likeness (QED) is 0.798. The lowest BCUT2D eigenvalue weighted by molar-refractivity contribution is 0.468. The normalized spacial score (nSPS) is 10.5. The van der Waals surface area contributed by atoms with Crippen molar-refractivity contribution in [3.8, 4) is 11.6 Å². The van der Waals surface area contributed by atoms with Gasteiger partial charge in [-0.2, -0.15) is 4.98 Å². The molecule has 0 fully saturated rings. The molecule has 2 aromatic heterocycles. The van der Waals surface area contributed by atoms with Crippen LogP contribution in [0.25, 0.3) is 10.9 Å². The molecule has 1 aromatic carbocycles. The van der Waals surface area contributed by atoms with Gasteiger partial charge in [-0.3, -0.25) is 4.98 Å². The van der Waals surface area contributed by atoms with Crippen LogP contribution in [0.2, 0.25) is 5.02 Å². The maximum absolute atomic E-state index is 6.06. The predicted molar refractivity (Wildman–Crippen MR) is 78.4 cm³/mol. The first-order valence-electron chi connectivity index (χ1n) is 6.00. The Morgan fingerprint density at radius 1 is 1.15 bits per heavy atom. The number of hydrogen-bond acceptors (Lipinski definition) is 5. The SMILES string of the molecule is CNc1ncc(Cl)c(Oc2cccc3ncccc23)n1. The van der Waals surface area contributed by atoms with Crippen LogP contribution in [0, 0.1) is 0 Å². The number of aromatic nitrogens is 3. The average Bonchev–Trinajstić information content (AvgIpc) is 2.50. The van der Waals surface area contributed by atoms with E-state index in [1.807, 2.05) is 30.3 Å². The van der Waals surface area contributed by atoms with E-state index in [1.165, 1.54) is 6.20 Å². The van der Waals surface area contributed by atoms with Crippen LogP contribution in [0.5, 0.6) is 11.6 Å². The fraction of sp³-hybridized carbons (Fsp3) is 0.0714. The summed E-state index contributed by atoms with van der Waals surface area (Å²) in [5, 5.41) is 4.09. The van der Waals surface area contributed by atoms with E-state index in [0.717, 1.165) is 10.9 Å². The van der Waals surface area contributed by atoms with Crippen molar-refractivity contribution >= 4 is 28.5 Å². The highest BCUT2D eigenvalue weighted by atomic mass is 35.5. The molecule has 0 aliphatic rings. The number of fused-ring (bicyclic) bond motifs is 1. The van der Waals surface area contributed by atoms with Gasteiger partial charge in [-0.05, 0) is 24.3 Å². The summed E-state index contributed by atoms with van der Waals surface area (Å²) >= 11 is 6.06. The Labute approximate surface area is 120 Å². The fourth-order valence-corrected chi connectivity index (χ4v) is 1.94. The molecule has 0 saturated carbocycles. The number of rotatable bonds is 3. The van der Waals surface area contributed by atoms with Gasteiger partial charge in [0, 0.05) is 18.6 Å². The van der Waals surface area contributed by atoms with E-state index in [2.05, 4.69) is 20.3 Å². The van der Waals surface area contributed by atoms with Crippen LogP contribution in [-0.2, 0) is 0 Å². The minimum atomic E-state index is 0.308. The lowest BCUT2D eigenvalue weighted by Crippen LogP contribution is -1.98. The number of anilines is 1. The largest absolute Gasteiger partial charge is 0.437 e. The zero-order valence-electron chi connectivity index (χ0n) is 10.7. The van der Waals surface area contributed by atoms with Crippen LogP contribution in [0.1, 0.15) is 0 Å². The first kappa shape index (κ1) is 12.6. The van der Waals surface area contributed by atoms with Crippen LogP contribution in [0.3, 0.4) is 0 Å². The molecule has 0 spiro atoms. The van der Waals surface area contributed by atoms with Crippen molar-refractivity contribution in [2.45, 2.75) is 0 Å². The van der Waals surface area contributed by atoms with E-state index in [4.69, 9.17) is 16.3 Å². The number of halogens is 1. The molecule has 100 valence electrons. The molecule has 0 unspecified atom stereocenters. The standard InChI is InChI=1S/C14H11ClN4O/c1-16-14-18-8-10(15)13(19-14)20-12-6-2-5-11-9(12)4-3-7-17-11/h2-8H,1H3,(H,16,18,19). The smallest absolute Gasteiger partial charge is 0.243 e. The van der Waals surface area contributed by atoms with Crippen molar-refractivity contribution in [1.29, 1.82) is 0 Å². The van der Waals surface area contributed by atoms with Gasteiger partial charge in [0.1, 0.15) is 10.8 Å². The Bertz CT molecular complexity index is 758. The lowest BCUT2D eigenvalue weighted by atomic mass is 10.2. The molecule has 3 aromatic rings. The zero-order valence-corrected chi connectivity index (χ0v) is 11.4. The Balaban J connectivity index is 2.05. The first-order chi connectivity index (χ1) is 9.78. The molecule has 2 heterocycles. The van der Waals surface area contributed by atoms with Gasteiger partial charge in [-0.1, -0.05) is 17.7 Å². The van der Waals surface area contributed by atoms with Crippen LogP contribution in [-0.4, -0.2) is 22.0 Å². The van der Waals surface area contributed by atoms with Crippen LogP contribution in [0.4, 0.5) is 5.95 Å². The molecular formula is C14H11ClN4O. The molecule has 1 N–H and O–H groups in total. The molecule has 6 heteroatoms. The summed E-state index contributed by atoms with van der Waals surface area (Å²) in [6.45, 7) is 0. The third-order valence-electron chi connectivity index (χ3n) is 2.75. The molecule has 5 nitrogen and oxygen atoms in total. The summed E-state index contributed by atoms with van der Waals surface area (Å²) in [6.07, 6.45) is 3.24. The van der Waals surface area contributed by atoms with Crippen molar-refractivity contribution in [2.24, 2.45) is 0 Å². The maximum Gasteiger partial charge on any atom is 0.243 e. The van der Waals surface area contributed by atoms with Gasteiger partial charge >= 0.3 is 0 Å². The number of benzene rings is 1. The Morgan fingerprint density at radius 3 is 2.90 bits per heavy atom. The number of nitrogens with zero attached hydrogens (tertiary/aromatic N) is 3. The number of ether oxygens (including phenoxy) is 1. The summed E-state index contributed by atoms with van der Waals surface area (Å²) in [5.41, 5.74) is 0.851. The molecule has 0 saturated heterocycles. The molecule has 0 radical (unpaired) electrons. The highest BCUT2D eigenvalue weighted by molar-refractivity contribution is 6.31. The predicted octanol–water partition coefficient (Wildman–Crippen LogP) is 3.51. The zero-order chi connectivity index (χ0) is 13.9. The fourth-order valence-electron chi connectivity index (χ4n) is 1.81. The first-order valence-corrected chi connectivity index (χ1v) is 6.37. The minimum absolute atomic E-state index is 0.308. The Hall–Kier alpha value is -2.40. The average molecular weight is 287 g/mol. The van der Waals surface area contributed by atoms with Crippen LogP contribution >= 0.6 is 11.6 Å². The third-order valence-corrected chi connectivity index (χ3v) is 3.01. The molecule has 0 bridgehead atoms. The van der Waals surface area contributed by atoms with Gasteiger partial charge in [-0.15, -0.1) is 0 Å². The molecule has 20 heavy (non-hydrogen) atoms. The van der Waals surface area contributed by atoms with E-state index in [1.54, 1.807) is 13.2 Å². The van der Waals surface area contributed by atoms with Gasteiger partial charge in [0.15, 0.2) is 0 Å². The lowest BCUT2D eigenvalue weighted by Gasteiger charge is -2.09. The molecule has 0 atom stereocenters. The van der Waals surface area contributed by atoms with E-state index >= 15 is 0 Å². The van der Waals surface area contributed by atoms with Crippen molar-refractivity contribution in [1.82, 2.24) is 15.0 Å². The molecular weight excluding hydrogens is 276 g/mol. The number of hydrogen-bond donors (Lipinski definition) is 1. The molecule has 0 amide bonds. The van der Waals surface area contributed by atoms with Gasteiger partial charge < -0.3 is 10.1 Å². The Kier molecular flexibility index (Phi) is 3.35. The topological polar surface area (TPSA) is 59.9 Å². The van der Waals surface area contributed by atoms with E-state index in [0.29, 0.717) is 22.6 Å². The van der Waals surface area contributed by atoms with E-state index in [9.17, 15) is 0 Å². The maximum atomic E-state index is 6.06. The molecule has 3 rings (SSSR count). The second kappa shape index (κ2) is 5.30. The van der Waals surface area contributed by atoms with E-state index < -0.39 is 0 Å². The highest BCUT2D eigenvalue weighted by Crippen LogP contribution is 2.31. The monoisotopic (exact) mass is 286 g/mol. The third kappa shape index (κ3) is 2.35. The second-order valence-electron chi connectivity index (χ2n) is 4.02.